The SMILES string of the molecule is COc1cc(C(C)=O)ccc1O[C@@H](C)C(=O)Nc1cc(C)on1. The van der Waals surface area contributed by atoms with Gasteiger partial charge in [-0.1, -0.05) is 5.16 Å². The first-order chi connectivity index (χ1) is 10.9. The summed E-state index contributed by atoms with van der Waals surface area (Å²) in [7, 11) is 1.47. The fourth-order valence-corrected chi connectivity index (χ4v) is 1.88. The predicted molar refractivity (Wildman–Crippen MR) is 83.0 cm³/mol. The highest BCUT2D eigenvalue weighted by atomic mass is 16.5. The Labute approximate surface area is 133 Å². The van der Waals surface area contributed by atoms with Crippen LogP contribution < -0.4 is 14.8 Å². The highest BCUT2D eigenvalue weighted by Crippen LogP contribution is 2.29. The monoisotopic (exact) mass is 318 g/mol. The van der Waals surface area contributed by atoms with Gasteiger partial charge >= 0.3 is 0 Å². The van der Waals surface area contributed by atoms with Crippen LogP contribution in [0.5, 0.6) is 11.5 Å². The molecule has 0 radical (unpaired) electrons. The predicted octanol–water partition coefficient (Wildman–Crippen LogP) is 2.60. The molecule has 122 valence electrons. The summed E-state index contributed by atoms with van der Waals surface area (Å²) in [6, 6.07) is 6.39. The van der Waals surface area contributed by atoms with Gasteiger partial charge in [0.25, 0.3) is 5.91 Å². The Morgan fingerprint density at radius 3 is 2.57 bits per heavy atom. The number of hydrogen-bond acceptors (Lipinski definition) is 6. The number of benzene rings is 1. The van der Waals surface area contributed by atoms with Crippen LogP contribution in [0.2, 0.25) is 0 Å². The summed E-state index contributed by atoms with van der Waals surface area (Å²) in [4.78, 5) is 23.5. The van der Waals surface area contributed by atoms with Crippen LogP contribution in [-0.4, -0.2) is 30.1 Å². The van der Waals surface area contributed by atoms with E-state index < -0.39 is 6.10 Å². The maximum atomic E-state index is 12.1. The second kappa shape index (κ2) is 6.95. The van der Waals surface area contributed by atoms with Gasteiger partial charge in [-0.2, -0.15) is 0 Å². The van der Waals surface area contributed by atoms with E-state index in [9.17, 15) is 9.59 Å². The Balaban J connectivity index is 2.08. The fourth-order valence-electron chi connectivity index (χ4n) is 1.88. The number of methoxy groups -OCH3 is 1. The average molecular weight is 318 g/mol. The molecule has 1 N–H and O–H groups in total. The van der Waals surface area contributed by atoms with Crippen molar-refractivity contribution in [2.45, 2.75) is 26.9 Å². The van der Waals surface area contributed by atoms with Gasteiger partial charge in [0.2, 0.25) is 0 Å². The number of ether oxygens (including phenoxy) is 2. The van der Waals surface area contributed by atoms with E-state index in [1.165, 1.54) is 14.0 Å². The topological polar surface area (TPSA) is 90.7 Å². The Bertz CT molecular complexity index is 723. The van der Waals surface area contributed by atoms with Crippen molar-refractivity contribution in [3.05, 3.63) is 35.6 Å². The lowest BCUT2D eigenvalue weighted by Crippen LogP contribution is -2.30. The molecule has 1 atom stereocenters. The summed E-state index contributed by atoms with van der Waals surface area (Å²) in [6.45, 7) is 4.79. The van der Waals surface area contributed by atoms with Crippen molar-refractivity contribution in [2.24, 2.45) is 0 Å². The summed E-state index contributed by atoms with van der Waals surface area (Å²) < 4.78 is 15.7. The lowest BCUT2D eigenvalue weighted by molar-refractivity contribution is -0.122. The van der Waals surface area contributed by atoms with Crippen molar-refractivity contribution < 1.29 is 23.6 Å². The van der Waals surface area contributed by atoms with E-state index in [0.717, 1.165) is 0 Å². The maximum absolute atomic E-state index is 12.1. The molecule has 23 heavy (non-hydrogen) atoms. The number of rotatable bonds is 6. The van der Waals surface area contributed by atoms with Gasteiger partial charge in [-0.15, -0.1) is 0 Å². The number of carbonyl (C=O) groups excluding carboxylic acids is 2. The number of Topliss-reactive ketones (excluding diaryl/α,β-unsaturated/α-hetero) is 1. The lowest BCUT2D eigenvalue weighted by Gasteiger charge is -2.16. The molecule has 2 aromatic rings. The number of nitrogens with zero attached hydrogens (tertiary/aromatic N) is 1. The minimum atomic E-state index is -0.788. The Morgan fingerprint density at radius 2 is 2.00 bits per heavy atom. The van der Waals surface area contributed by atoms with E-state index in [1.807, 2.05) is 0 Å². The van der Waals surface area contributed by atoms with E-state index >= 15 is 0 Å². The summed E-state index contributed by atoms with van der Waals surface area (Å²) >= 11 is 0. The number of aryl methyl sites for hydroxylation is 1. The zero-order valence-electron chi connectivity index (χ0n) is 13.4. The summed E-state index contributed by atoms with van der Waals surface area (Å²) in [6.07, 6.45) is -0.788. The summed E-state index contributed by atoms with van der Waals surface area (Å²) in [5, 5.41) is 6.27. The van der Waals surface area contributed by atoms with Crippen LogP contribution in [0.4, 0.5) is 5.82 Å². The first-order valence-electron chi connectivity index (χ1n) is 7.00. The van der Waals surface area contributed by atoms with Crippen LogP contribution in [-0.2, 0) is 4.79 Å². The minimum Gasteiger partial charge on any atom is -0.493 e. The van der Waals surface area contributed by atoms with Crippen molar-refractivity contribution in [1.29, 1.82) is 0 Å². The summed E-state index contributed by atoms with van der Waals surface area (Å²) in [5.41, 5.74) is 0.504. The van der Waals surface area contributed by atoms with Crippen molar-refractivity contribution in [1.82, 2.24) is 5.16 Å². The van der Waals surface area contributed by atoms with E-state index in [1.54, 1.807) is 38.1 Å². The Kier molecular flexibility index (Phi) is 5.00. The lowest BCUT2D eigenvalue weighted by atomic mass is 10.1. The molecule has 0 fully saturated rings. The van der Waals surface area contributed by atoms with Gasteiger partial charge in [-0.25, -0.2) is 0 Å². The molecule has 0 spiro atoms. The smallest absolute Gasteiger partial charge is 0.266 e. The first kappa shape index (κ1) is 16.5. The van der Waals surface area contributed by atoms with Crippen molar-refractivity contribution in [3.8, 4) is 11.5 Å². The van der Waals surface area contributed by atoms with Crippen molar-refractivity contribution >= 4 is 17.5 Å². The highest BCUT2D eigenvalue weighted by molar-refractivity contribution is 5.95. The van der Waals surface area contributed by atoms with Gasteiger partial charge in [0.1, 0.15) is 5.76 Å². The van der Waals surface area contributed by atoms with Crippen LogP contribution >= 0.6 is 0 Å². The molecule has 2 rings (SSSR count). The first-order valence-corrected chi connectivity index (χ1v) is 7.00. The van der Waals surface area contributed by atoms with Gasteiger partial charge in [-0.05, 0) is 39.0 Å². The number of amides is 1. The van der Waals surface area contributed by atoms with Gasteiger partial charge in [0.05, 0.1) is 7.11 Å². The molecule has 7 nitrogen and oxygen atoms in total. The number of ketones is 1. The summed E-state index contributed by atoms with van der Waals surface area (Å²) in [5.74, 6) is 1.21. The van der Waals surface area contributed by atoms with E-state index in [4.69, 9.17) is 14.0 Å². The fraction of sp³-hybridized carbons (Fsp3) is 0.312. The quantitative estimate of drug-likeness (QED) is 0.823. The van der Waals surface area contributed by atoms with Crippen molar-refractivity contribution in [3.63, 3.8) is 0 Å². The molecule has 1 heterocycles. The molecular formula is C16H18N2O5. The third-order valence-corrected chi connectivity index (χ3v) is 3.12. The molecule has 1 amide bonds. The standard InChI is InChI=1S/C16H18N2O5/c1-9-7-15(18-23-9)17-16(20)11(3)22-13-6-5-12(10(2)19)8-14(13)21-4/h5-8,11H,1-4H3,(H,17,18,20)/t11-/m0/s1. The second-order valence-electron chi connectivity index (χ2n) is 4.99. The molecule has 0 aliphatic carbocycles. The molecule has 0 bridgehead atoms. The van der Waals surface area contributed by atoms with Gasteiger partial charge in [0, 0.05) is 11.6 Å². The highest BCUT2D eigenvalue weighted by Gasteiger charge is 2.19. The maximum Gasteiger partial charge on any atom is 0.266 e. The van der Waals surface area contributed by atoms with E-state index in [2.05, 4.69) is 10.5 Å². The largest absolute Gasteiger partial charge is 0.493 e. The van der Waals surface area contributed by atoms with Crippen molar-refractivity contribution in [2.75, 3.05) is 12.4 Å². The van der Waals surface area contributed by atoms with Crippen LogP contribution in [0.1, 0.15) is 30.0 Å². The van der Waals surface area contributed by atoms with Gasteiger partial charge < -0.3 is 19.3 Å². The van der Waals surface area contributed by atoms with Crippen LogP contribution in [0.3, 0.4) is 0 Å². The molecule has 0 aliphatic heterocycles. The molecular weight excluding hydrogens is 300 g/mol. The number of carbonyl (C=O) groups is 2. The zero-order valence-corrected chi connectivity index (χ0v) is 13.4. The zero-order chi connectivity index (χ0) is 17.0. The number of nitrogens with one attached hydrogen (secondary N) is 1. The molecule has 0 aliphatic rings. The molecule has 0 saturated heterocycles. The average Bonchev–Trinajstić information content (AvgIpc) is 2.92. The number of aromatic nitrogens is 1. The normalized spacial score (nSPS) is 11.7. The van der Waals surface area contributed by atoms with Gasteiger partial charge in [0.15, 0.2) is 29.2 Å². The number of anilines is 1. The molecule has 0 saturated carbocycles. The molecule has 1 aromatic carbocycles. The minimum absolute atomic E-state index is 0.0814. The third kappa shape index (κ3) is 4.09. The van der Waals surface area contributed by atoms with Crippen LogP contribution in [0, 0.1) is 6.92 Å². The van der Waals surface area contributed by atoms with Crippen LogP contribution in [0.15, 0.2) is 28.8 Å². The van der Waals surface area contributed by atoms with Crippen LogP contribution in [0.25, 0.3) is 0 Å². The number of hydrogen-bond donors (Lipinski definition) is 1. The Morgan fingerprint density at radius 1 is 1.26 bits per heavy atom. The van der Waals surface area contributed by atoms with E-state index in [0.29, 0.717) is 28.6 Å². The molecule has 1 aromatic heterocycles. The molecule has 7 heteroatoms. The Hall–Kier alpha value is -2.83. The molecule has 0 unspecified atom stereocenters. The van der Waals surface area contributed by atoms with E-state index in [-0.39, 0.29) is 11.7 Å². The third-order valence-electron chi connectivity index (χ3n) is 3.12. The van der Waals surface area contributed by atoms with Gasteiger partial charge in [-0.3, -0.25) is 9.59 Å². The second-order valence-corrected chi connectivity index (χ2v) is 4.99.